The highest BCUT2D eigenvalue weighted by Crippen LogP contribution is 2.23. The lowest BCUT2D eigenvalue weighted by Gasteiger charge is -2.32. The van der Waals surface area contributed by atoms with Gasteiger partial charge in [-0.05, 0) is 23.4 Å². The Labute approximate surface area is 132 Å². The first-order valence-electron chi connectivity index (χ1n) is 6.62. The van der Waals surface area contributed by atoms with Crippen molar-refractivity contribution in [1.82, 2.24) is 15.1 Å². The fourth-order valence-electron chi connectivity index (χ4n) is 2.72. The lowest BCUT2D eigenvalue weighted by Crippen LogP contribution is -2.46. The first-order valence-corrected chi connectivity index (χ1v) is 7.50. The summed E-state index contributed by atoms with van der Waals surface area (Å²) in [5.41, 5.74) is 1.57. The Morgan fingerprint density at radius 3 is 2.58 bits per heavy atom. The predicted molar refractivity (Wildman–Crippen MR) is 87.1 cm³/mol. The van der Waals surface area contributed by atoms with E-state index in [4.69, 9.17) is 0 Å². The van der Waals surface area contributed by atoms with E-state index >= 15 is 0 Å². The van der Waals surface area contributed by atoms with Gasteiger partial charge in [0.2, 0.25) is 0 Å². The zero-order valence-electron chi connectivity index (χ0n) is 11.1. The van der Waals surface area contributed by atoms with Gasteiger partial charge in [0, 0.05) is 57.2 Å². The summed E-state index contributed by atoms with van der Waals surface area (Å²) in [4.78, 5) is 6.81. The molecule has 0 spiro atoms. The van der Waals surface area contributed by atoms with Crippen LogP contribution in [0.4, 0.5) is 0 Å². The molecule has 1 N–H and O–H groups in total. The van der Waals surface area contributed by atoms with E-state index in [-0.39, 0.29) is 24.8 Å². The summed E-state index contributed by atoms with van der Waals surface area (Å²) >= 11 is 1.93. The summed E-state index contributed by atoms with van der Waals surface area (Å²) in [6.07, 6.45) is 1.26. The van der Waals surface area contributed by atoms with E-state index in [0.717, 1.165) is 13.1 Å². The Morgan fingerprint density at radius 1 is 1.05 bits per heavy atom. The van der Waals surface area contributed by atoms with Crippen LogP contribution < -0.4 is 5.32 Å². The molecular formula is C13H23Cl2N3S. The van der Waals surface area contributed by atoms with Gasteiger partial charge in [0.1, 0.15) is 0 Å². The third-order valence-electron chi connectivity index (χ3n) is 3.83. The van der Waals surface area contributed by atoms with E-state index in [9.17, 15) is 0 Å². The van der Waals surface area contributed by atoms with Crippen molar-refractivity contribution in [3.05, 3.63) is 21.9 Å². The number of hydrogen-bond acceptors (Lipinski definition) is 4. The highest BCUT2D eigenvalue weighted by molar-refractivity contribution is 7.10. The van der Waals surface area contributed by atoms with Gasteiger partial charge < -0.3 is 5.32 Å². The van der Waals surface area contributed by atoms with Crippen LogP contribution in [0, 0.1) is 0 Å². The smallest absolute Gasteiger partial charge is 0.0245 e. The van der Waals surface area contributed by atoms with Crippen molar-refractivity contribution in [2.75, 3.05) is 45.8 Å². The third-order valence-corrected chi connectivity index (χ3v) is 4.85. The number of hydrogen-bond donors (Lipinski definition) is 1. The molecule has 6 heteroatoms. The molecule has 0 bridgehead atoms. The van der Waals surface area contributed by atoms with Gasteiger partial charge in [-0.1, -0.05) is 0 Å². The number of fused-ring (bicyclic) bond motifs is 1. The molecule has 0 amide bonds. The zero-order chi connectivity index (χ0) is 11.5. The van der Waals surface area contributed by atoms with E-state index in [1.165, 1.54) is 45.7 Å². The third kappa shape index (κ3) is 4.59. The zero-order valence-corrected chi connectivity index (χ0v) is 13.6. The van der Waals surface area contributed by atoms with Crippen molar-refractivity contribution in [2.24, 2.45) is 0 Å². The Kier molecular flexibility index (Phi) is 7.65. The molecule has 0 saturated carbocycles. The number of halogens is 2. The molecule has 3 heterocycles. The maximum absolute atomic E-state index is 3.41. The van der Waals surface area contributed by atoms with Gasteiger partial charge in [0.05, 0.1) is 0 Å². The van der Waals surface area contributed by atoms with E-state index in [1.54, 1.807) is 10.4 Å². The Morgan fingerprint density at radius 2 is 1.79 bits per heavy atom. The maximum atomic E-state index is 3.41. The lowest BCUT2D eigenvalue weighted by molar-refractivity contribution is 0.180. The van der Waals surface area contributed by atoms with Crippen LogP contribution in [0.2, 0.25) is 0 Å². The van der Waals surface area contributed by atoms with Crippen LogP contribution in [0.15, 0.2) is 11.4 Å². The second-order valence-electron chi connectivity index (χ2n) is 4.99. The Bertz CT molecular complexity index is 367. The number of rotatable bonds is 3. The van der Waals surface area contributed by atoms with E-state index < -0.39 is 0 Å². The molecule has 1 saturated heterocycles. The Hall–Kier alpha value is 0.160. The van der Waals surface area contributed by atoms with Gasteiger partial charge in [-0.3, -0.25) is 9.80 Å². The second kappa shape index (κ2) is 8.45. The van der Waals surface area contributed by atoms with Crippen LogP contribution in [0.5, 0.6) is 0 Å². The van der Waals surface area contributed by atoms with Crippen molar-refractivity contribution in [1.29, 1.82) is 0 Å². The SMILES string of the molecule is Cl.Cl.c1cc2c(s1)CCN(CCN1CCNCC1)C2. The quantitative estimate of drug-likeness (QED) is 0.916. The summed E-state index contributed by atoms with van der Waals surface area (Å²) in [6, 6.07) is 2.30. The number of piperazine rings is 1. The Balaban J connectivity index is 0.000000902. The molecule has 0 aromatic carbocycles. The van der Waals surface area contributed by atoms with Gasteiger partial charge in [0.25, 0.3) is 0 Å². The maximum Gasteiger partial charge on any atom is 0.0245 e. The largest absolute Gasteiger partial charge is 0.314 e. The van der Waals surface area contributed by atoms with Gasteiger partial charge in [0.15, 0.2) is 0 Å². The van der Waals surface area contributed by atoms with Gasteiger partial charge in [-0.2, -0.15) is 0 Å². The minimum Gasteiger partial charge on any atom is -0.314 e. The fraction of sp³-hybridized carbons (Fsp3) is 0.692. The molecule has 1 fully saturated rings. The summed E-state index contributed by atoms with van der Waals surface area (Å²) in [5, 5.41) is 5.65. The molecule has 2 aliphatic rings. The van der Waals surface area contributed by atoms with E-state index in [1.807, 2.05) is 11.3 Å². The summed E-state index contributed by atoms with van der Waals surface area (Å²) in [6.45, 7) is 9.65. The minimum atomic E-state index is 0. The topological polar surface area (TPSA) is 18.5 Å². The number of nitrogens with zero attached hydrogens (tertiary/aromatic N) is 2. The van der Waals surface area contributed by atoms with Crippen LogP contribution in [-0.4, -0.2) is 55.6 Å². The van der Waals surface area contributed by atoms with Crippen molar-refractivity contribution < 1.29 is 0 Å². The average Bonchev–Trinajstić information content (AvgIpc) is 2.85. The first-order chi connectivity index (χ1) is 8.42. The molecule has 3 rings (SSSR count). The lowest BCUT2D eigenvalue weighted by atomic mass is 10.1. The molecule has 3 nitrogen and oxygen atoms in total. The van der Waals surface area contributed by atoms with E-state index in [2.05, 4.69) is 26.6 Å². The second-order valence-corrected chi connectivity index (χ2v) is 5.99. The van der Waals surface area contributed by atoms with Crippen molar-refractivity contribution in [3.8, 4) is 0 Å². The van der Waals surface area contributed by atoms with Crippen LogP contribution in [0.25, 0.3) is 0 Å². The van der Waals surface area contributed by atoms with Crippen molar-refractivity contribution in [2.45, 2.75) is 13.0 Å². The molecule has 19 heavy (non-hydrogen) atoms. The predicted octanol–water partition coefficient (Wildman–Crippen LogP) is 1.85. The first kappa shape index (κ1) is 17.2. The molecule has 1 aromatic heterocycles. The van der Waals surface area contributed by atoms with Crippen LogP contribution >= 0.6 is 36.2 Å². The highest BCUT2D eigenvalue weighted by Gasteiger charge is 2.18. The van der Waals surface area contributed by atoms with Gasteiger partial charge >= 0.3 is 0 Å². The molecule has 0 aliphatic carbocycles. The number of nitrogens with one attached hydrogen (secondary N) is 1. The van der Waals surface area contributed by atoms with E-state index in [0.29, 0.717) is 0 Å². The number of thiophene rings is 1. The van der Waals surface area contributed by atoms with Crippen molar-refractivity contribution in [3.63, 3.8) is 0 Å². The van der Waals surface area contributed by atoms with Gasteiger partial charge in [-0.25, -0.2) is 0 Å². The van der Waals surface area contributed by atoms with Crippen LogP contribution in [0.1, 0.15) is 10.4 Å². The standard InChI is InChI=1S/C13H21N3S.2ClH/c1-5-16(11-12-2-10-17-13(1)12)9-8-15-6-3-14-4-7-15;;/h2,10,14H,1,3-9,11H2;2*1H. The minimum absolute atomic E-state index is 0. The normalized spacial score (nSPS) is 20.2. The molecule has 0 unspecified atom stereocenters. The molecule has 1 aromatic rings. The van der Waals surface area contributed by atoms with Gasteiger partial charge in [-0.15, -0.1) is 36.2 Å². The molecular weight excluding hydrogens is 301 g/mol. The van der Waals surface area contributed by atoms with Crippen LogP contribution in [-0.2, 0) is 13.0 Å². The average molecular weight is 324 g/mol. The monoisotopic (exact) mass is 323 g/mol. The summed E-state index contributed by atoms with van der Waals surface area (Å²) < 4.78 is 0. The fourth-order valence-corrected chi connectivity index (χ4v) is 3.61. The van der Waals surface area contributed by atoms with Crippen LogP contribution in [0.3, 0.4) is 0 Å². The molecule has 110 valence electrons. The summed E-state index contributed by atoms with van der Waals surface area (Å²) in [5.74, 6) is 0. The molecule has 2 aliphatic heterocycles. The highest BCUT2D eigenvalue weighted by atomic mass is 35.5. The molecule has 0 atom stereocenters. The van der Waals surface area contributed by atoms with Crippen molar-refractivity contribution >= 4 is 36.2 Å². The molecule has 0 radical (unpaired) electrons. The summed E-state index contributed by atoms with van der Waals surface area (Å²) in [7, 11) is 0.